The molecule has 9 nitrogen and oxygen atoms in total. The summed E-state index contributed by atoms with van der Waals surface area (Å²) in [4.78, 5) is 40.5. The number of nitrogens with zero attached hydrogens (tertiary/aromatic N) is 5. The van der Waals surface area contributed by atoms with Crippen molar-refractivity contribution < 1.29 is 9.53 Å². The minimum Gasteiger partial charge on any atom is -0.456 e. The highest BCUT2D eigenvalue weighted by atomic mass is 16.5. The van der Waals surface area contributed by atoms with Crippen molar-refractivity contribution in [2.75, 3.05) is 0 Å². The van der Waals surface area contributed by atoms with Crippen LogP contribution in [0.25, 0.3) is 5.82 Å². The Morgan fingerprint density at radius 2 is 1.96 bits per heavy atom. The molecule has 0 saturated heterocycles. The van der Waals surface area contributed by atoms with Crippen LogP contribution in [0.3, 0.4) is 0 Å². The van der Waals surface area contributed by atoms with Gasteiger partial charge in [0.05, 0.1) is 17.6 Å². The van der Waals surface area contributed by atoms with E-state index in [-0.39, 0.29) is 6.61 Å². The summed E-state index contributed by atoms with van der Waals surface area (Å²) in [6.45, 7) is 1.70. The Bertz CT molecular complexity index is 1100. The molecule has 140 valence electrons. The molecule has 0 N–H and O–H groups in total. The first-order valence-electron chi connectivity index (χ1n) is 8.35. The lowest BCUT2D eigenvalue weighted by Crippen LogP contribution is -2.38. The van der Waals surface area contributed by atoms with Crippen LogP contribution >= 0.6 is 0 Å². The molecule has 0 radical (unpaired) electrons. The number of hydrogen-bond acceptors (Lipinski definition) is 6. The standard InChI is InChI=1S/C18H19N5O4/c1-4-14-13(10-20-23(14)15-7-5-6-8-19-15)17(25)27-11-12-9-16(24)22(3)18(26)21(12)2/h5-10H,4,11H2,1-3H3. The van der Waals surface area contributed by atoms with Crippen LogP contribution in [-0.2, 0) is 31.9 Å². The molecule has 9 heteroatoms. The van der Waals surface area contributed by atoms with Crippen LogP contribution in [0.5, 0.6) is 0 Å². The Morgan fingerprint density at radius 1 is 1.19 bits per heavy atom. The van der Waals surface area contributed by atoms with Gasteiger partial charge in [-0.2, -0.15) is 5.10 Å². The zero-order valence-electron chi connectivity index (χ0n) is 15.2. The van der Waals surface area contributed by atoms with Gasteiger partial charge in [-0.3, -0.25) is 13.9 Å². The van der Waals surface area contributed by atoms with E-state index in [1.54, 1.807) is 23.0 Å². The van der Waals surface area contributed by atoms with E-state index >= 15 is 0 Å². The van der Waals surface area contributed by atoms with Gasteiger partial charge < -0.3 is 4.74 Å². The van der Waals surface area contributed by atoms with Gasteiger partial charge in [-0.05, 0) is 18.6 Å². The average Bonchev–Trinajstić information content (AvgIpc) is 3.12. The van der Waals surface area contributed by atoms with Gasteiger partial charge in [-0.15, -0.1) is 0 Å². The molecule has 27 heavy (non-hydrogen) atoms. The monoisotopic (exact) mass is 369 g/mol. The van der Waals surface area contributed by atoms with Gasteiger partial charge in [0.15, 0.2) is 5.82 Å². The number of ether oxygens (including phenoxy) is 1. The number of aromatic nitrogens is 5. The lowest BCUT2D eigenvalue weighted by molar-refractivity contribution is 0.0461. The van der Waals surface area contributed by atoms with Gasteiger partial charge in [0.25, 0.3) is 5.56 Å². The third-order valence-electron chi connectivity index (χ3n) is 4.27. The molecule has 3 heterocycles. The molecule has 0 fully saturated rings. The fourth-order valence-corrected chi connectivity index (χ4v) is 2.69. The molecule has 0 atom stereocenters. The summed E-state index contributed by atoms with van der Waals surface area (Å²) in [5.74, 6) is 0.0181. The number of carbonyl (C=O) groups is 1. The predicted octanol–water partition coefficient (Wildman–Crippen LogP) is 0.584. The summed E-state index contributed by atoms with van der Waals surface area (Å²) in [7, 11) is 2.90. The number of esters is 1. The van der Waals surface area contributed by atoms with Crippen molar-refractivity contribution in [3.63, 3.8) is 0 Å². The van der Waals surface area contributed by atoms with Crippen molar-refractivity contribution >= 4 is 5.97 Å². The van der Waals surface area contributed by atoms with E-state index < -0.39 is 17.2 Å². The second kappa shape index (κ2) is 7.40. The van der Waals surface area contributed by atoms with Gasteiger partial charge in [0, 0.05) is 26.4 Å². The first-order chi connectivity index (χ1) is 12.9. The maximum Gasteiger partial charge on any atom is 0.342 e. The smallest absolute Gasteiger partial charge is 0.342 e. The van der Waals surface area contributed by atoms with Gasteiger partial charge >= 0.3 is 11.7 Å². The molecule has 0 amide bonds. The van der Waals surface area contributed by atoms with Crippen LogP contribution in [0.4, 0.5) is 0 Å². The molecule has 0 aliphatic heterocycles. The molecule has 0 spiro atoms. The number of pyridine rings is 1. The van der Waals surface area contributed by atoms with Crippen LogP contribution < -0.4 is 11.2 Å². The number of rotatable bonds is 5. The molecule has 3 aromatic heterocycles. The highest BCUT2D eigenvalue weighted by Gasteiger charge is 2.19. The third-order valence-corrected chi connectivity index (χ3v) is 4.27. The highest BCUT2D eigenvalue weighted by molar-refractivity contribution is 5.90. The Hall–Kier alpha value is -3.49. The van der Waals surface area contributed by atoms with Crippen molar-refractivity contribution in [1.82, 2.24) is 23.9 Å². The quantitative estimate of drug-likeness (QED) is 0.610. The molecule has 0 aromatic carbocycles. The van der Waals surface area contributed by atoms with E-state index in [0.717, 1.165) is 4.57 Å². The molecule has 0 unspecified atom stereocenters. The summed E-state index contributed by atoms with van der Waals surface area (Å²) in [5, 5.41) is 4.24. The molecule has 0 aliphatic rings. The maximum absolute atomic E-state index is 12.5. The third kappa shape index (κ3) is 3.43. The summed E-state index contributed by atoms with van der Waals surface area (Å²) in [6, 6.07) is 6.68. The Balaban J connectivity index is 1.85. The van der Waals surface area contributed by atoms with Crippen LogP contribution in [0.2, 0.25) is 0 Å². The second-order valence-corrected chi connectivity index (χ2v) is 5.91. The lowest BCUT2D eigenvalue weighted by atomic mass is 10.2. The normalized spacial score (nSPS) is 10.8. The largest absolute Gasteiger partial charge is 0.456 e. The minimum atomic E-state index is -0.581. The lowest BCUT2D eigenvalue weighted by Gasteiger charge is -2.10. The molecule has 3 rings (SSSR count). The Kier molecular flexibility index (Phi) is 5.02. The van der Waals surface area contributed by atoms with Gasteiger partial charge in [-0.1, -0.05) is 13.0 Å². The number of hydrogen-bond donors (Lipinski definition) is 0. The van der Waals surface area contributed by atoms with Crippen molar-refractivity contribution in [3.05, 3.63) is 74.4 Å². The fraction of sp³-hybridized carbons (Fsp3) is 0.278. The van der Waals surface area contributed by atoms with Crippen LogP contribution in [0.15, 0.2) is 46.2 Å². The fourth-order valence-electron chi connectivity index (χ4n) is 2.69. The van der Waals surface area contributed by atoms with E-state index in [4.69, 9.17) is 4.74 Å². The van der Waals surface area contributed by atoms with Gasteiger partial charge in [0.2, 0.25) is 0 Å². The minimum absolute atomic E-state index is 0.196. The van der Waals surface area contributed by atoms with Gasteiger partial charge in [-0.25, -0.2) is 19.3 Å². The van der Waals surface area contributed by atoms with Gasteiger partial charge in [0.1, 0.15) is 12.2 Å². The molecule has 0 aliphatic carbocycles. The topological polar surface area (TPSA) is 101 Å². The van der Waals surface area contributed by atoms with Crippen LogP contribution in [0, 0.1) is 0 Å². The molecule has 3 aromatic rings. The van der Waals surface area contributed by atoms with Crippen molar-refractivity contribution in [1.29, 1.82) is 0 Å². The molecular weight excluding hydrogens is 350 g/mol. The Morgan fingerprint density at radius 3 is 2.63 bits per heavy atom. The van der Waals surface area contributed by atoms with E-state index in [2.05, 4.69) is 10.1 Å². The van der Waals surface area contributed by atoms with Crippen molar-refractivity contribution in [3.8, 4) is 5.82 Å². The first kappa shape index (κ1) is 18.3. The number of carbonyl (C=O) groups excluding carboxylic acids is 1. The van der Waals surface area contributed by atoms with Crippen molar-refractivity contribution in [2.24, 2.45) is 14.1 Å². The van der Waals surface area contributed by atoms with E-state index in [9.17, 15) is 14.4 Å². The molecular formula is C18H19N5O4. The summed E-state index contributed by atoms with van der Waals surface area (Å²) >= 11 is 0. The molecule has 0 bridgehead atoms. The summed E-state index contributed by atoms with van der Waals surface area (Å²) in [6.07, 6.45) is 3.62. The average molecular weight is 369 g/mol. The van der Waals surface area contributed by atoms with Crippen molar-refractivity contribution in [2.45, 2.75) is 20.0 Å². The Labute approximate surface area is 154 Å². The SMILES string of the molecule is CCc1c(C(=O)OCc2cc(=O)n(C)c(=O)n2C)cnn1-c1ccccn1. The second-order valence-electron chi connectivity index (χ2n) is 5.91. The van der Waals surface area contributed by atoms with E-state index in [1.807, 2.05) is 13.0 Å². The summed E-state index contributed by atoms with van der Waals surface area (Å²) < 4.78 is 9.16. The highest BCUT2D eigenvalue weighted by Crippen LogP contribution is 2.15. The summed E-state index contributed by atoms with van der Waals surface area (Å²) in [5.41, 5.74) is 0.354. The first-order valence-corrected chi connectivity index (χ1v) is 8.35. The van der Waals surface area contributed by atoms with Crippen LogP contribution in [-0.4, -0.2) is 29.9 Å². The maximum atomic E-state index is 12.5. The zero-order valence-corrected chi connectivity index (χ0v) is 15.2. The van der Waals surface area contributed by atoms with E-state index in [0.29, 0.717) is 29.2 Å². The zero-order chi connectivity index (χ0) is 19.6. The molecule has 0 saturated carbocycles. The van der Waals surface area contributed by atoms with E-state index in [1.165, 1.54) is 30.9 Å². The predicted molar refractivity (Wildman–Crippen MR) is 96.8 cm³/mol. The van der Waals surface area contributed by atoms with Crippen LogP contribution in [0.1, 0.15) is 28.7 Å².